The van der Waals surface area contributed by atoms with Crippen LogP contribution in [0.3, 0.4) is 0 Å². The van der Waals surface area contributed by atoms with Crippen LogP contribution in [0, 0.1) is 17.8 Å². The molecule has 0 N–H and O–H groups in total. The molecule has 2 aromatic rings. The fraction of sp³-hybridized carbons (Fsp3) is 0.583. The van der Waals surface area contributed by atoms with Crippen molar-refractivity contribution in [3.05, 3.63) is 34.8 Å². The predicted octanol–water partition coefficient (Wildman–Crippen LogP) is 5.41. The van der Waals surface area contributed by atoms with E-state index in [1.165, 1.54) is 44.2 Å². The zero-order valence-corrected chi connectivity index (χ0v) is 19.6. The Morgan fingerprint density at radius 3 is 2.42 bits per heavy atom. The lowest BCUT2D eigenvalue weighted by Crippen LogP contribution is -2.48. The van der Waals surface area contributed by atoms with Gasteiger partial charge in [-0.1, -0.05) is 0 Å². The molecule has 4 saturated carbocycles. The lowest BCUT2D eigenvalue weighted by atomic mass is 9.49. The summed E-state index contributed by atoms with van der Waals surface area (Å²) in [6.45, 7) is 0. The number of thiazole rings is 1. The van der Waals surface area contributed by atoms with E-state index in [1.807, 2.05) is 23.1 Å². The van der Waals surface area contributed by atoms with Crippen LogP contribution in [0.2, 0.25) is 0 Å². The van der Waals surface area contributed by atoms with Crippen LogP contribution in [0.25, 0.3) is 0 Å². The van der Waals surface area contributed by atoms with E-state index >= 15 is 0 Å². The normalized spacial score (nSPS) is 33.9. The summed E-state index contributed by atoms with van der Waals surface area (Å²) >= 11 is 3.26. The number of carbonyl (C=O) groups excluding carboxylic acids is 1. The Balaban J connectivity index is 1.34. The molecule has 1 amide bonds. The lowest BCUT2D eigenvalue weighted by Gasteiger charge is -2.56. The van der Waals surface area contributed by atoms with E-state index in [2.05, 4.69) is 5.38 Å². The molecule has 5 aliphatic rings. The number of anilines is 1. The van der Waals surface area contributed by atoms with Gasteiger partial charge in [0.25, 0.3) is 0 Å². The molecule has 1 atom stereocenters. The number of methoxy groups -OCH3 is 2. The zero-order chi connectivity index (χ0) is 21.2. The Kier molecular flexibility index (Phi) is 4.76. The van der Waals surface area contributed by atoms with Gasteiger partial charge < -0.3 is 9.47 Å². The minimum atomic E-state index is -0.145. The van der Waals surface area contributed by atoms with Crippen LogP contribution in [0.5, 0.6) is 11.5 Å². The van der Waals surface area contributed by atoms with Gasteiger partial charge in [-0.05, 0) is 74.5 Å². The molecule has 2 heterocycles. The smallest absolute Gasteiger partial charge is 0.240 e. The van der Waals surface area contributed by atoms with Crippen molar-refractivity contribution in [2.45, 2.75) is 49.3 Å². The second kappa shape index (κ2) is 7.41. The Morgan fingerprint density at radius 1 is 1.06 bits per heavy atom. The average Bonchev–Trinajstić information content (AvgIpc) is 3.39. The van der Waals surface area contributed by atoms with Gasteiger partial charge in [0.2, 0.25) is 5.91 Å². The highest BCUT2D eigenvalue weighted by molar-refractivity contribution is 8.00. The molecular formula is C24H28N2O3S2. The van der Waals surface area contributed by atoms with Crippen molar-refractivity contribution >= 4 is 34.1 Å². The third kappa shape index (κ3) is 3.18. The quantitative estimate of drug-likeness (QED) is 0.602. The third-order valence-corrected chi connectivity index (χ3v) is 9.88. The number of thioether (sulfide) groups is 1. The van der Waals surface area contributed by atoms with Gasteiger partial charge in [-0.2, -0.15) is 0 Å². The van der Waals surface area contributed by atoms with Gasteiger partial charge in [0.15, 0.2) is 5.13 Å². The molecule has 0 radical (unpaired) electrons. The minimum Gasteiger partial charge on any atom is -0.497 e. The predicted molar refractivity (Wildman–Crippen MR) is 124 cm³/mol. The Labute approximate surface area is 191 Å². The van der Waals surface area contributed by atoms with Gasteiger partial charge in [0, 0.05) is 16.4 Å². The highest BCUT2D eigenvalue weighted by Gasteiger charge is 2.53. The Hall–Kier alpha value is -1.73. The van der Waals surface area contributed by atoms with Gasteiger partial charge in [-0.25, -0.2) is 4.98 Å². The van der Waals surface area contributed by atoms with Crippen molar-refractivity contribution in [1.29, 1.82) is 0 Å². The molecule has 7 rings (SSSR count). The van der Waals surface area contributed by atoms with Crippen molar-refractivity contribution in [3.8, 4) is 11.5 Å². The molecule has 1 saturated heterocycles. The molecule has 31 heavy (non-hydrogen) atoms. The summed E-state index contributed by atoms with van der Waals surface area (Å²) in [6, 6.07) is 5.79. The zero-order valence-electron chi connectivity index (χ0n) is 18.0. The van der Waals surface area contributed by atoms with E-state index < -0.39 is 0 Å². The largest absolute Gasteiger partial charge is 0.497 e. The molecule has 4 aliphatic carbocycles. The highest BCUT2D eigenvalue weighted by Crippen LogP contribution is 2.61. The van der Waals surface area contributed by atoms with E-state index in [-0.39, 0.29) is 16.7 Å². The van der Waals surface area contributed by atoms with E-state index in [4.69, 9.17) is 14.5 Å². The van der Waals surface area contributed by atoms with E-state index in [0.29, 0.717) is 5.75 Å². The van der Waals surface area contributed by atoms with Gasteiger partial charge in [-0.15, -0.1) is 23.1 Å². The number of amides is 1. The minimum absolute atomic E-state index is 0.117. The summed E-state index contributed by atoms with van der Waals surface area (Å²) in [7, 11) is 3.33. The first-order chi connectivity index (χ1) is 15.1. The molecular weight excluding hydrogens is 428 g/mol. The summed E-state index contributed by atoms with van der Waals surface area (Å²) in [5, 5.41) is 2.93. The lowest BCUT2D eigenvalue weighted by molar-refractivity contribution is -0.115. The van der Waals surface area contributed by atoms with Gasteiger partial charge in [-0.3, -0.25) is 9.69 Å². The standard InChI is InChI=1S/C24H28N2O3S2/c1-28-17-3-4-19(29-2)18(8-17)22-26(21(27)13-30-22)23-25-20(12-31-23)24-9-14-5-15(10-24)7-16(6-14)11-24/h3-4,8,12,14-16,22H,5-7,9-11,13H2,1-2H3. The van der Waals surface area contributed by atoms with Crippen LogP contribution >= 0.6 is 23.1 Å². The van der Waals surface area contributed by atoms with E-state index in [1.54, 1.807) is 37.3 Å². The van der Waals surface area contributed by atoms with E-state index in [9.17, 15) is 4.79 Å². The van der Waals surface area contributed by atoms with E-state index in [0.717, 1.165) is 39.9 Å². The van der Waals surface area contributed by atoms with Crippen molar-refractivity contribution < 1.29 is 14.3 Å². The van der Waals surface area contributed by atoms with Crippen molar-refractivity contribution in [3.63, 3.8) is 0 Å². The molecule has 5 fully saturated rings. The fourth-order valence-corrected chi connectivity index (χ4v) is 9.16. The summed E-state index contributed by atoms with van der Waals surface area (Å²) in [6.07, 6.45) is 8.15. The third-order valence-electron chi connectivity index (χ3n) is 7.85. The molecule has 1 unspecified atom stereocenters. The number of benzene rings is 1. The van der Waals surface area contributed by atoms with Crippen LogP contribution in [0.15, 0.2) is 23.6 Å². The number of aromatic nitrogens is 1. The number of hydrogen-bond acceptors (Lipinski definition) is 6. The van der Waals surface area contributed by atoms with Crippen LogP contribution in [0.1, 0.15) is 55.2 Å². The molecule has 1 aromatic carbocycles. The molecule has 1 aromatic heterocycles. The Bertz CT molecular complexity index is 985. The maximum atomic E-state index is 13.0. The van der Waals surface area contributed by atoms with Crippen LogP contribution in [0.4, 0.5) is 5.13 Å². The molecule has 7 heteroatoms. The number of rotatable bonds is 5. The van der Waals surface area contributed by atoms with Crippen LogP contribution < -0.4 is 14.4 Å². The molecule has 0 spiro atoms. The maximum absolute atomic E-state index is 13.0. The summed E-state index contributed by atoms with van der Waals surface area (Å²) in [4.78, 5) is 20.0. The summed E-state index contributed by atoms with van der Waals surface area (Å²) < 4.78 is 11.1. The maximum Gasteiger partial charge on any atom is 0.240 e. The average molecular weight is 457 g/mol. The number of ether oxygens (including phenoxy) is 2. The summed E-state index contributed by atoms with van der Waals surface area (Å²) in [5.74, 6) is 4.76. The first-order valence-corrected chi connectivity index (χ1v) is 13.1. The molecule has 4 bridgehead atoms. The molecule has 164 valence electrons. The first kappa shape index (κ1) is 19.9. The van der Waals surface area contributed by atoms with Crippen molar-refractivity contribution in [1.82, 2.24) is 4.98 Å². The number of carbonyl (C=O) groups is 1. The topological polar surface area (TPSA) is 51.7 Å². The van der Waals surface area contributed by atoms with Gasteiger partial charge in [0.05, 0.1) is 25.7 Å². The number of nitrogens with zero attached hydrogens (tertiary/aromatic N) is 2. The van der Waals surface area contributed by atoms with Gasteiger partial charge in [0.1, 0.15) is 16.9 Å². The highest BCUT2D eigenvalue weighted by atomic mass is 32.2. The number of hydrogen-bond donors (Lipinski definition) is 0. The van der Waals surface area contributed by atoms with Crippen molar-refractivity contribution in [2.24, 2.45) is 17.8 Å². The molecule has 5 nitrogen and oxygen atoms in total. The van der Waals surface area contributed by atoms with Crippen molar-refractivity contribution in [2.75, 3.05) is 24.9 Å². The monoisotopic (exact) mass is 456 g/mol. The first-order valence-electron chi connectivity index (χ1n) is 11.2. The van der Waals surface area contributed by atoms with Gasteiger partial charge >= 0.3 is 0 Å². The summed E-state index contributed by atoms with van der Waals surface area (Å²) in [5.41, 5.74) is 2.46. The Morgan fingerprint density at radius 2 is 1.77 bits per heavy atom. The van der Waals surface area contributed by atoms with Crippen LogP contribution in [-0.2, 0) is 10.2 Å². The fourth-order valence-electron chi connectivity index (χ4n) is 6.94. The second-order valence-electron chi connectivity index (χ2n) is 9.75. The SMILES string of the molecule is COc1ccc(OC)c(C2SCC(=O)N2c2nc(C34CC5CC(CC(C5)C3)C4)cs2)c1. The molecule has 1 aliphatic heterocycles. The van der Waals surface area contributed by atoms with Crippen LogP contribution in [-0.4, -0.2) is 30.9 Å². The second-order valence-corrected chi connectivity index (χ2v) is 11.7.